The molecule has 2 N–H and O–H groups in total. The molecule has 3 nitrogen and oxygen atoms in total. The highest BCUT2D eigenvalue weighted by molar-refractivity contribution is 6.32. The summed E-state index contributed by atoms with van der Waals surface area (Å²) in [5.74, 6) is 0.148. The van der Waals surface area contributed by atoms with Crippen molar-refractivity contribution in [2.45, 2.75) is 25.9 Å². The average Bonchev–Trinajstić information content (AvgIpc) is 2.26. The number of benzene rings is 1. The van der Waals surface area contributed by atoms with Gasteiger partial charge in [-0.2, -0.15) is 0 Å². The van der Waals surface area contributed by atoms with E-state index in [-0.39, 0.29) is 11.3 Å². The minimum Gasteiger partial charge on any atom is -0.506 e. The fourth-order valence-corrected chi connectivity index (χ4v) is 2.39. The van der Waals surface area contributed by atoms with Crippen LogP contribution < -0.4 is 5.32 Å². The second kappa shape index (κ2) is 4.84. The van der Waals surface area contributed by atoms with Crippen molar-refractivity contribution < 1.29 is 5.11 Å². The Morgan fingerprint density at radius 2 is 2.24 bits per heavy atom. The van der Waals surface area contributed by atoms with Crippen molar-refractivity contribution in [3.8, 4) is 5.75 Å². The van der Waals surface area contributed by atoms with Gasteiger partial charge >= 0.3 is 0 Å². The number of halogens is 1. The van der Waals surface area contributed by atoms with E-state index >= 15 is 0 Å². The van der Waals surface area contributed by atoms with E-state index in [9.17, 15) is 5.11 Å². The molecule has 2 rings (SSSR count). The minimum absolute atomic E-state index is 0.148. The number of phenols is 1. The third kappa shape index (κ3) is 2.92. The Labute approximate surface area is 107 Å². The molecule has 1 aliphatic rings. The Kier molecular flexibility index (Phi) is 3.61. The van der Waals surface area contributed by atoms with Gasteiger partial charge in [0.05, 0.1) is 5.02 Å². The molecule has 1 aromatic rings. The number of hydrogen-bond acceptors (Lipinski definition) is 3. The van der Waals surface area contributed by atoms with Crippen molar-refractivity contribution in [3.05, 3.63) is 28.8 Å². The van der Waals surface area contributed by atoms with Crippen molar-refractivity contribution in [1.29, 1.82) is 0 Å². The molecule has 0 radical (unpaired) electrons. The summed E-state index contributed by atoms with van der Waals surface area (Å²) in [7, 11) is 0. The molecule has 0 bridgehead atoms. The first kappa shape index (κ1) is 12.7. The van der Waals surface area contributed by atoms with E-state index in [1.807, 2.05) is 12.1 Å². The van der Waals surface area contributed by atoms with Crippen LogP contribution in [-0.4, -0.2) is 35.2 Å². The molecule has 0 aromatic heterocycles. The zero-order valence-electron chi connectivity index (χ0n) is 10.3. The first-order chi connectivity index (χ1) is 7.99. The van der Waals surface area contributed by atoms with E-state index in [1.165, 1.54) is 0 Å². The number of aromatic hydroxyl groups is 1. The van der Waals surface area contributed by atoms with Crippen LogP contribution in [0.15, 0.2) is 18.2 Å². The molecule has 1 aliphatic heterocycles. The Balaban J connectivity index is 2.11. The molecule has 0 atom stereocenters. The maximum absolute atomic E-state index is 9.40. The van der Waals surface area contributed by atoms with Crippen molar-refractivity contribution in [1.82, 2.24) is 10.2 Å². The molecule has 0 amide bonds. The SMILES string of the molecule is CC1(C)CNCCN1Cc1ccc(O)c(Cl)c1. The van der Waals surface area contributed by atoms with Crippen molar-refractivity contribution >= 4 is 11.6 Å². The summed E-state index contributed by atoms with van der Waals surface area (Å²) in [5.41, 5.74) is 1.30. The maximum Gasteiger partial charge on any atom is 0.134 e. The molecular weight excluding hydrogens is 236 g/mol. The molecule has 1 fully saturated rings. The molecule has 94 valence electrons. The van der Waals surface area contributed by atoms with Crippen LogP contribution in [0.4, 0.5) is 0 Å². The van der Waals surface area contributed by atoms with Crippen molar-refractivity contribution in [2.75, 3.05) is 19.6 Å². The first-order valence-electron chi connectivity index (χ1n) is 5.92. The third-order valence-electron chi connectivity index (χ3n) is 3.36. The number of phenolic OH excluding ortho intramolecular Hbond substituents is 1. The van der Waals surface area contributed by atoms with Gasteiger partial charge in [-0.25, -0.2) is 0 Å². The summed E-state index contributed by atoms with van der Waals surface area (Å²) in [6.07, 6.45) is 0. The Morgan fingerprint density at radius 1 is 1.47 bits per heavy atom. The summed E-state index contributed by atoms with van der Waals surface area (Å²) in [6, 6.07) is 5.43. The molecule has 17 heavy (non-hydrogen) atoms. The normalized spacial score (nSPS) is 20.4. The fraction of sp³-hybridized carbons (Fsp3) is 0.538. The van der Waals surface area contributed by atoms with Gasteiger partial charge in [0, 0.05) is 31.7 Å². The highest BCUT2D eigenvalue weighted by Crippen LogP contribution is 2.26. The molecule has 0 unspecified atom stereocenters. The van der Waals surface area contributed by atoms with Gasteiger partial charge in [-0.15, -0.1) is 0 Å². The Bertz CT molecular complexity index is 406. The lowest BCUT2D eigenvalue weighted by atomic mass is 9.99. The zero-order chi connectivity index (χ0) is 12.5. The Hall–Kier alpha value is -0.770. The quantitative estimate of drug-likeness (QED) is 0.850. The highest BCUT2D eigenvalue weighted by Gasteiger charge is 2.29. The molecule has 1 heterocycles. The number of nitrogens with one attached hydrogen (secondary N) is 1. The van der Waals surface area contributed by atoms with Gasteiger partial charge in [-0.3, -0.25) is 4.90 Å². The highest BCUT2D eigenvalue weighted by atomic mass is 35.5. The molecular formula is C13H19ClN2O. The maximum atomic E-state index is 9.40. The topological polar surface area (TPSA) is 35.5 Å². The monoisotopic (exact) mass is 254 g/mol. The third-order valence-corrected chi connectivity index (χ3v) is 3.66. The minimum atomic E-state index is 0.148. The lowest BCUT2D eigenvalue weighted by Gasteiger charge is -2.42. The van der Waals surface area contributed by atoms with Gasteiger partial charge in [-0.1, -0.05) is 17.7 Å². The summed E-state index contributed by atoms with van der Waals surface area (Å²) >= 11 is 5.92. The smallest absolute Gasteiger partial charge is 0.134 e. The summed E-state index contributed by atoms with van der Waals surface area (Å²) < 4.78 is 0. The van der Waals surface area contributed by atoms with Crippen LogP contribution in [0.3, 0.4) is 0 Å². The van der Waals surface area contributed by atoms with E-state index in [1.54, 1.807) is 6.07 Å². The predicted molar refractivity (Wildman–Crippen MR) is 70.5 cm³/mol. The van der Waals surface area contributed by atoms with E-state index in [4.69, 9.17) is 11.6 Å². The zero-order valence-corrected chi connectivity index (χ0v) is 11.1. The average molecular weight is 255 g/mol. The van der Waals surface area contributed by atoms with Gasteiger partial charge in [0.1, 0.15) is 5.75 Å². The van der Waals surface area contributed by atoms with Crippen LogP contribution in [0.2, 0.25) is 5.02 Å². The van der Waals surface area contributed by atoms with E-state index < -0.39 is 0 Å². The van der Waals surface area contributed by atoms with Crippen LogP contribution in [0, 0.1) is 0 Å². The van der Waals surface area contributed by atoms with Gasteiger partial charge in [-0.05, 0) is 31.5 Å². The lowest BCUT2D eigenvalue weighted by molar-refractivity contribution is 0.0827. The van der Waals surface area contributed by atoms with E-state index in [0.717, 1.165) is 31.7 Å². The molecule has 4 heteroatoms. The molecule has 0 spiro atoms. The van der Waals surface area contributed by atoms with Crippen LogP contribution in [-0.2, 0) is 6.54 Å². The van der Waals surface area contributed by atoms with Crippen LogP contribution >= 0.6 is 11.6 Å². The van der Waals surface area contributed by atoms with Gasteiger partial charge < -0.3 is 10.4 Å². The number of piperazine rings is 1. The van der Waals surface area contributed by atoms with Gasteiger partial charge in [0.2, 0.25) is 0 Å². The second-order valence-corrected chi connectivity index (χ2v) is 5.60. The molecule has 1 aromatic carbocycles. The number of nitrogens with zero attached hydrogens (tertiary/aromatic N) is 1. The van der Waals surface area contributed by atoms with E-state index in [2.05, 4.69) is 24.1 Å². The molecule has 0 aliphatic carbocycles. The summed E-state index contributed by atoms with van der Waals surface area (Å²) in [6.45, 7) is 8.40. The molecule has 0 saturated carbocycles. The summed E-state index contributed by atoms with van der Waals surface area (Å²) in [5, 5.41) is 13.2. The fourth-order valence-electron chi connectivity index (χ4n) is 2.18. The van der Waals surface area contributed by atoms with Crippen LogP contribution in [0.25, 0.3) is 0 Å². The predicted octanol–water partition coefficient (Wildman–Crippen LogP) is 2.23. The van der Waals surface area contributed by atoms with Gasteiger partial charge in [0.25, 0.3) is 0 Å². The van der Waals surface area contributed by atoms with Gasteiger partial charge in [0.15, 0.2) is 0 Å². The van der Waals surface area contributed by atoms with Crippen LogP contribution in [0.5, 0.6) is 5.75 Å². The van der Waals surface area contributed by atoms with E-state index in [0.29, 0.717) is 5.02 Å². The Morgan fingerprint density at radius 3 is 2.88 bits per heavy atom. The molecule has 1 saturated heterocycles. The van der Waals surface area contributed by atoms with Crippen LogP contribution in [0.1, 0.15) is 19.4 Å². The van der Waals surface area contributed by atoms with Crippen molar-refractivity contribution in [3.63, 3.8) is 0 Å². The second-order valence-electron chi connectivity index (χ2n) is 5.20. The summed E-state index contributed by atoms with van der Waals surface area (Å²) in [4.78, 5) is 2.44. The number of hydrogen-bond donors (Lipinski definition) is 2. The van der Waals surface area contributed by atoms with Crippen molar-refractivity contribution in [2.24, 2.45) is 0 Å². The largest absolute Gasteiger partial charge is 0.506 e. The first-order valence-corrected chi connectivity index (χ1v) is 6.30. The standard InChI is InChI=1S/C13H19ClN2O/c1-13(2)9-15-5-6-16(13)8-10-3-4-12(17)11(14)7-10/h3-4,7,15,17H,5-6,8-9H2,1-2H3. The number of rotatable bonds is 2. The lowest BCUT2D eigenvalue weighted by Crippen LogP contribution is -2.57.